The van der Waals surface area contributed by atoms with Crippen LogP contribution in [0.1, 0.15) is 15.9 Å². The maximum Gasteiger partial charge on any atom is 0.257 e. The molecule has 0 saturated heterocycles. The molecule has 1 aromatic rings. The van der Waals surface area contributed by atoms with Gasteiger partial charge in [0.2, 0.25) is 0 Å². The lowest BCUT2D eigenvalue weighted by Crippen LogP contribution is -2.38. The van der Waals surface area contributed by atoms with E-state index in [2.05, 4.69) is 0 Å². The SMILES string of the molecule is Cc1ccc(C(=O)N(CCN)CC(F)F)c(O)c1. The first-order valence-electron chi connectivity index (χ1n) is 5.52. The molecule has 18 heavy (non-hydrogen) atoms. The maximum absolute atomic E-state index is 12.4. The standard InChI is InChI=1S/C12H16F2N2O2/c1-8-2-3-9(10(17)6-8)12(18)16(5-4-15)7-11(13)14/h2-3,6,11,17H,4-5,7,15H2,1H3. The molecule has 0 heterocycles. The number of aromatic hydroxyl groups is 1. The number of hydrogen-bond donors (Lipinski definition) is 2. The van der Waals surface area contributed by atoms with Crippen molar-refractivity contribution in [1.29, 1.82) is 0 Å². The molecule has 0 saturated carbocycles. The number of hydrogen-bond acceptors (Lipinski definition) is 3. The Balaban J connectivity index is 2.94. The molecule has 0 unspecified atom stereocenters. The van der Waals surface area contributed by atoms with Crippen molar-refractivity contribution < 1.29 is 18.7 Å². The van der Waals surface area contributed by atoms with E-state index in [-0.39, 0.29) is 24.4 Å². The predicted molar refractivity (Wildman–Crippen MR) is 63.8 cm³/mol. The van der Waals surface area contributed by atoms with Crippen LogP contribution in [-0.4, -0.2) is 42.0 Å². The molecule has 3 N–H and O–H groups in total. The maximum atomic E-state index is 12.4. The summed E-state index contributed by atoms with van der Waals surface area (Å²) in [4.78, 5) is 12.9. The van der Waals surface area contributed by atoms with Crippen molar-refractivity contribution in [3.63, 3.8) is 0 Å². The van der Waals surface area contributed by atoms with E-state index in [9.17, 15) is 18.7 Å². The lowest BCUT2D eigenvalue weighted by molar-refractivity contribution is 0.0560. The molecule has 0 aliphatic heterocycles. The van der Waals surface area contributed by atoms with Gasteiger partial charge in [0.1, 0.15) is 5.75 Å². The van der Waals surface area contributed by atoms with Crippen LogP contribution in [0.5, 0.6) is 5.75 Å². The van der Waals surface area contributed by atoms with Gasteiger partial charge in [-0.1, -0.05) is 6.07 Å². The molecule has 6 heteroatoms. The van der Waals surface area contributed by atoms with E-state index in [0.717, 1.165) is 10.5 Å². The fourth-order valence-electron chi connectivity index (χ4n) is 1.59. The molecule has 1 amide bonds. The first-order chi connectivity index (χ1) is 8.45. The van der Waals surface area contributed by atoms with Gasteiger partial charge in [-0.15, -0.1) is 0 Å². The number of phenolic OH excluding ortho intramolecular Hbond substituents is 1. The molecule has 0 radical (unpaired) electrons. The number of alkyl halides is 2. The molecule has 100 valence electrons. The minimum absolute atomic E-state index is 0.00898. The van der Waals surface area contributed by atoms with Crippen LogP contribution in [0.4, 0.5) is 8.78 Å². The normalized spacial score (nSPS) is 10.7. The Kier molecular flexibility index (Phi) is 5.03. The van der Waals surface area contributed by atoms with Gasteiger partial charge in [-0.25, -0.2) is 8.78 Å². The summed E-state index contributed by atoms with van der Waals surface area (Å²) in [6.45, 7) is 1.18. The van der Waals surface area contributed by atoms with E-state index in [0.29, 0.717) is 0 Å². The topological polar surface area (TPSA) is 66.6 Å². The van der Waals surface area contributed by atoms with Crippen LogP contribution in [0.25, 0.3) is 0 Å². The predicted octanol–water partition coefficient (Wildman–Crippen LogP) is 1.37. The molecule has 1 aromatic carbocycles. The second-order valence-corrected chi connectivity index (χ2v) is 3.95. The number of carbonyl (C=O) groups is 1. The van der Waals surface area contributed by atoms with E-state index in [1.54, 1.807) is 13.0 Å². The molecule has 1 rings (SSSR count). The number of nitrogens with two attached hydrogens (primary N) is 1. The molecular formula is C12H16F2N2O2. The average Bonchev–Trinajstić information content (AvgIpc) is 2.27. The first-order valence-corrected chi connectivity index (χ1v) is 5.52. The zero-order valence-corrected chi connectivity index (χ0v) is 10.1. The molecule has 0 fully saturated rings. The summed E-state index contributed by atoms with van der Waals surface area (Å²) in [5, 5.41) is 9.65. The summed E-state index contributed by atoms with van der Waals surface area (Å²) in [6, 6.07) is 4.47. The van der Waals surface area contributed by atoms with Crippen LogP contribution < -0.4 is 5.73 Å². The minimum atomic E-state index is -2.63. The van der Waals surface area contributed by atoms with Gasteiger partial charge in [0.25, 0.3) is 12.3 Å². The molecule has 0 bridgehead atoms. The Bertz CT molecular complexity index is 425. The third-order valence-electron chi connectivity index (χ3n) is 2.43. The summed E-state index contributed by atoms with van der Waals surface area (Å²) in [6.07, 6.45) is -2.63. The molecule has 4 nitrogen and oxygen atoms in total. The van der Waals surface area contributed by atoms with E-state index < -0.39 is 18.9 Å². The number of nitrogens with zero attached hydrogens (tertiary/aromatic N) is 1. The Morgan fingerprint density at radius 3 is 2.67 bits per heavy atom. The zero-order chi connectivity index (χ0) is 13.7. The van der Waals surface area contributed by atoms with Crippen molar-refractivity contribution in [2.75, 3.05) is 19.6 Å². The minimum Gasteiger partial charge on any atom is -0.507 e. The largest absolute Gasteiger partial charge is 0.507 e. The van der Waals surface area contributed by atoms with Gasteiger partial charge < -0.3 is 15.7 Å². The summed E-state index contributed by atoms with van der Waals surface area (Å²) in [5.41, 5.74) is 6.07. The van der Waals surface area contributed by atoms with Crippen molar-refractivity contribution in [2.45, 2.75) is 13.3 Å². The van der Waals surface area contributed by atoms with E-state index >= 15 is 0 Å². The van der Waals surface area contributed by atoms with Gasteiger partial charge >= 0.3 is 0 Å². The van der Waals surface area contributed by atoms with Crippen LogP contribution >= 0.6 is 0 Å². The van der Waals surface area contributed by atoms with Crippen LogP contribution in [0, 0.1) is 6.92 Å². The van der Waals surface area contributed by atoms with Crippen LogP contribution in [0.15, 0.2) is 18.2 Å². The van der Waals surface area contributed by atoms with Gasteiger partial charge in [0, 0.05) is 13.1 Å². The lowest BCUT2D eigenvalue weighted by Gasteiger charge is -2.22. The highest BCUT2D eigenvalue weighted by Gasteiger charge is 2.21. The highest BCUT2D eigenvalue weighted by Crippen LogP contribution is 2.20. The Labute approximate surface area is 104 Å². The number of rotatable bonds is 5. The summed E-state index contributed by atoms with van der Waals surface area (Å²) in [7, 11) is 0. The van der Waals surface area contributed by atoms with Crippen molar-refractivity contribution in [3.05, 3.63) is 29.3 Å². The Hall–Kier alpha value is -1.69. The van der Waals surface area contributed by atoms with Crippen molar-refractivity contribution in [3.8, 4) is 5.75 Å². The molecule has 0 aliphatic carbocycles. The second-order valence-electron chi connectivity index (χ2n) is 3.95. The van der Waals surface area contributed by atoms with Crippen LogP contribution in [0.2, 0.25) is 0 Å². The fraction of sp³-hybridized carbons (Fsp3) is 0.417. The smallest absolute Gasteiger partial charge is 0.257 e. The second kappa shape index (κ2) is 6.30. The van der Waals surface area contributed by atoms with Gasteiger partial charge in [0.15, 0.2) is 0 Å². The summed E-state index contributed by atoms with van der Waals surface area (Å²) >= 11 is 0. The van der Waals surface area contributed by atoms with E-state index in [4.69, 9.17) is 5.73 Å². The molecule has 0 aromatic heterocycles. The summed E-state index contributed by atoms with van der Waals surface area (Å²) < 4.78 is 24.7. The van der Waals surface area contributed by atoms with E-state index in [1.807, 2.05) is 0 Å². The van der Waals surface area contributed by atoms with Gasteiger partial charge in [-0.2, -0.15) is 0 Å². The number of carbonyl (C=O) groups excluding carboxylic acids is 1. The van der Waals surface area contributed by atoms with Crippen molar-refractivity contribution in [2.24, 2.45) is 5.73 Å². The lowest BCUT2D eigenvalue weighted by atomic mass is 10.1. The third-order valence-corrected chi connectivity index (χ3v) is 2.43. The number of aryl methyl sites for hydroxylation is 1. The van der Waals surface area contributed by atoms with Crippen LogP contribution in [-0.2, 0) is 0 Å². The fourth-order valence-corrected chi connectivity index (χ4v) is 1.59. The zero-order valence-electron chi connectivity index (χ0n) is 10.1. The number of phenols is 1. The average molecular weight is 258 g/mol. The Morgan fingerprint density at radius 2 is 2.17 bits per heavy atom. The number of amides is 1. The van der Waals surface area contributed by atoms with Gasteiger partial charge in [-0.3, -0.25) is 4.79 Å². The van der Waals surface area contributed by atoms with Crippen LogP contribution in [0.3, 0.4) is 0 Å². The monoisotopic (exact) mass is 258 g/mol. The highest BCUT2D eigenvalue weighted by atomic mass is 19.3. The first kappa shape index (κ1) is 14.4. The van der Waals surface area contributed by atoms with Crippen molar-refractivity contribution >= 4 is 5.91 Å². The number of benzene rings is 1. The summed E-state index contributed by atoms with van der Waals surface area (Å²) in [5.74, 6) is -0.852. The molecule has 0 atom stereocenters. The van der Waals surface area contributed by atoms with E-state index in [1.165, 1.54) is 12.1 Å². The highest BCUT2D eigenvalue weighted by molar-refractivity contribution is 5.96. The number of halogens is 2. The molecular weight excluding hydrogens is 242 g/mol. The van der Waals surface area contributed by atoms with Crippen molar-refractivity contribution in [1.82, 2.24) is 4.90 Å². The van der Waals surface area contributed by atoms with Gasteiger partial charge in [-0.05, 0) is 24.6 Å². The molecule has 0 spiro atoms. The van der Waals surface area contributed by atoms with Gasteiger partial charge in [0.05, 0.1) is 12.1 Å². The third kappa shape index (κ3) is 3.66. The Morgan fingerprint density at radius 1 is 1.50 bits per heavy atom. The quantitative estimate of drug-likeness (QED) is 0.838. The molecule has 0 aliphatic rings.